The number of aromatic amines is 1. The van der Waals surface area contributed by atoms with Gasteiger partial charge in [0.2, 0.25) is 0 Å². The summed E-state index contributed by atoms with van der Waals surface area (Å²) in [7, 11) is 0. The summed E-state index contributed by atoms with van der Waals surface area (Å²) >= 11 is 0. The SMILES string of the molecule is CC1CCC(c2nc3ncccc3[nH]2)CC1. The van der Waals surface area contributed by atoms with Gasteiger partial charge in [0.05, 0.1) is 5.52 Å². The van der Waals surface area contributed by atoms with E-state index in [1.54, 1.807) is 6.20 Å². The van der Waals surface area contributed by atoms with E-state index in [0.717, 1.165) is 22.9 Å². The maximum atomic E-state index is 4.59. The van der Waals surface area contributed by atoms with Gasteiger partial charge in [0.25, 0.3) is 0 Å². The fourth-order valence-electron chi connectivity index (χ4n) is 2.59. The smallest absolute Gasteiger partial charge is 0.177 e. The van der Waals surface area contributed by atoms with Gasteiger partial charge in [-0.2, -0.15) is 0 Å². The number of hydrogen-bond donors (Lipinski definition) is 1. The summed E-state index contributed by atoms with van der Waals surface area (Å²) in [5.41, 5.74) is 1.92. The lowest BCUT2D eigenvalue weighted by molar-refractivity contribution is 0.341. The van der Waals surface area contributed by atoms with Crippen LogP contribution in [0.25, 0.3) is 11.2 Å². The molecule has 0 radical (unpaired) electrons. The van der Waals surface area contributed by atoms with Crippen molar-refractivity contribution in [3.63, 3.8) is 0 Å². The molecule has 0 bridgehead atoms. The maximum Gasteiger partial charge on any atom is 0.177 e. The van der Waals surface area contributed by atoms with Gasteiger partial charge in [0.1, 0.15) is 5.82 Å². The third kappa shape index (κ3) is 1.70. The second-order valence-electron chi connectivity index (χ2n) is 4.95. The Morgan fingerprint density at radius 2 is 2.06 bits per heavy atom. The Hall–Kier alpha value is -1.38. The molecule has 3 heteroatoms. The lowest BCUT2D eigenvalue weighted by atomic mass is 9.83. The van der Waals surface area contributed by atoms with Crippen molar-refractivity contribution in [3.8, 4) is 0 Å². The predicted molar refractivity (Wildman–Crippen MR) is 64.3 cm³/mol. The minimum absolute atomic E-state index is 0.616. The molecule has 16 heavy (non-hydrogen) atoms. The van der Waals surface area contributed by atoms with Crippen LogP contribution in [-0.4, -0.2) is 15.0 Å². The molecule has 0 unspecified atom stereocenters. The molecule has 2 aromatic rings. The van der Waals surface area contributed by atoms with E-state index in [4.69, 9.17) is 0 Å². The predicted octanol–water partition coefficient (Wildman–Crippen LogP) is 3.25. The summed E-state index contributed by atoms with van der Waals surface area (Å²) in [4.78, 5) is 12.3. The number of rotatable bonds is 1. The van der Waals surface area contributed by atoms with E-state index in [1.807, 2.05) is 12.1 Å². The second kappa shape index (κ2) is 3.89. The monoisotopic (exact) mass is 215 g/mol. The van der Waals surface area contributed by atoms with E-state index in [1.165, 1.54) is 25.7 Å². The van der Waals surface area contributed by atoms with Gasteiger partial charge < -0.3 is 4.98 Å². The van der Waals surface area contributed by atoms with Crippen molar-refractivity contribution in [1.29, 1.82) is 0 Å². The minimum Gasteiger partial charge on any atom is -0.340 e. The van der Waals surface area contributed by atoms with Gasteiger partial charge in [-0.3, -0.25) is 0 Å². The van der Waals surface area contributed by atoms with Gasteiger partial charge in [-0.1, -0.05) is 19.8 Å². The summed E-state index contributed by atoms with van der Waals surface area (Å²) in [5.74, 6) is 2.64. The van der Waals surface area contributed by atoms with Gasteiger partial charge in [0.15, 0.2) is 5.65 Å². The van der Waals surface area contributed by atoms with Crippen molar-refractivity contribution >= 4 is 11.2 Å². The molecule has 2 heterocycles. The highest BCUT2D eigenvalue weighted by Crippen LogP contribution is 2.34. The van der Waals surface area contributed by atoms with Gasteiger partial charge >= 0.3 is 0 Å². The van der Waals surface area contributed by atoms with Crippen LogP contribution in [0.5, 0.6) is 0 Å². The van der Waals surface area contributed by atoms with Crippen molar-refractivity contribution in [2.24, 2.45) is 5.92 Å². The minimum atomic E-state index is 0.616. The quantitative estimate of drug-likeness (QED) is 0.793. The highest BCUT2D eigenvalue weighted by Gasteiger charge is 2.22. The molecule has 0 aliphatic heterocycles. The van der Waals surface area contributed by atoms with E-state index in [2.05, 4.69) is 21.9 Å². The van der Waals surface area contributed by atoms with Crippen molar-refractivity contribution in [2.75, 3.05) is 0 Å². The average molecular weight is 215 g/mol. The number of aromatic nitrogens is 3. The van der Waals surface area contributed by atoms with Gasteiger partial charge in [-0.15, -0.1) is 0 Å². The molecule has 84 valence electrons. The lowest BCUT2D eigenvalue weighted by Crippen LogP contribution is -2.11. The maximum absolute atomic E-state index is 4.59. The molecule has 0 aromatic carbocycles. The molecule has 0 amide bonds. The van der Waals surface area contributed by atoms with E-state index < -0.39 is 0 Å². The topological polar surface area (TPSA) is 41.6 Å². The van der Waals surface area contributed by atoms with E-state index in [-0.39, 0.29) is 0 Å². The molecule has 3 rings (SSSR count). The zero-order valence-electron chi connectivity index (χ0n) is 9.61. The Labute approximate surface area is 95.3 Å². The molecule has 0 atom stereocenters. The average Bonchev–Trinajstić information content (AvgIpc) is 2.73. The van der Waals surface area contributed by atoms with Crippen LogP contribution in [0.1, 0.15) is 44.3 Å². The summed E-state index contributed by atoms with van der Waals surface area (Å²) in [6, 6.07) is 4.00. The highest BCUT2D eigenvalue weighted by molar-refractivity contribution is 5.70. The van der Waals surface area contributed by atoms with Crippen LogP contribution < -0.4 is 0 Å². The van der Waals surface area contributed by atoms with Crippen molar-refractivity contribution in [3.05, 3.63) is 24.2 Å². The summed E-state index contributed by atoms with van der Waals surface area (Å²) < 4.78 is 0. The summed E-state index contributed by atoms with van der Waals surface area (Å²) in [5, 5.41) is 0. The highest BCUT2D eigenvalue weighted by atomic mass is 15.0. The number of pyridine rings is 1. The van der Waals surface area contributed by atoms with Gasteiger partial charge in [-0.25, -0.2) is 9.97 Å². The molecule has 0 saturated heterocycles. The number of imidazole rings is 1. The lowest BCUT2D eigenvalue weighted by Gasteiger charge is -2.24. The van der Waals surface area contributed by atoms with Crippen LogP contribution in [0.3, 0.4) is 0 Å². The Balaban J connectivity index is 1.88. The Morgan fingerprint density at radius 3 is 2.81 bits per heavy atom. The first-order valence-corrected chi connectivity index (χ1v) is 6.13. The van der Waals surface area contributed by atoms with Crippen LogP contribution in [0.2, 0.25) is 0 Å². The third-order valence-corrected chi connectivity index (χ3v) is 3.68. The van der Waals surface area contributed by atoms with Crippen LogP contribution in [-0.2, 0) is 0 Å². The van der Waals surface area contributed by atoms with Gasteiger partial charge in [0, 0.05) is 12.1 Å². The van der Waals surface area contributed by atoms with Crippen LogP contribution in [0.15, 0.2) is 18.3 Å². The standard InChI is InChI=1S/C13H17N3/c1-9-4-6-10(7-5-9)12-15-11-3-2-8-14-13(11)16-12/h2-3,8-10H,4-7H2,1H3,(H,14,15,16). The number of hydrogen-bond acceptors (Lipinski definition) is 2. The largest absolute Gasteiger partial charge is 0.340 e. The fourth-order valence-corrected chi connectivity index (χ4v) is 2.59. The summed E-state index contributed by atoms with van der Waals surface area (Å²) in [6.45, 7) is 2.34. The number of nitrogens with zero attached hydrogens (tertiary/aromatic N) is 2. The molecule has 1 N–H and O–H groups in total. The molecule has 1 saturated carbocycles. The molecule has 1 aliphatic rings. The van der Waals surface area contributed by atoms with Crippen LogP contribution in [0.4, 0.5) is 0 Å². The third-order valence-electron chi connectivity index (χ3n) is 3.68. The van der Waals surface area contributed by atoms with Crippen LogP contribution in [0, 0.1) is 5.92 Å². The second-order valence-corrected chi connectivity index (χ2v) is 4.95. The Morgan fingerprint density at radius 1 is 1.25 bits per heavy atom. The molecule has 2 aromatic heterocycles. The first-order chi connectivity index (χ1) is 7.83. The van der Waals surface area contributed by atoms with E-state index in [9.17, 15) is 0 Å². The normalized spacial score (nSPS) is 26.1. The van der Waals surface area contributed by atoms with Crippen molar-refractivity contribution in [2.45, 2.75) is 38.5 Å². The molecule has 1 aliphatic carbocycles. The number of nitrogens with one attached hydrogen (secondary N) is 1. The number of H-pyrrole nitrogens is 1. The van der Waals surface area contributed by atoms with E-state index >= 15 is 0 Å². The van der Waals surface area contributed by atoms with Crippen molar-refractivity contribution < 1.29 is 0 Å². The van der Waals surface area contributed by atoms with E-state index in [0.29, 0.717) is 5.92 Å². The first-order valence-electron chi connectivity index (χ1n) is 6.13. The molecular weight excluding hydrogens is 198 g/mol. The van der Waals surface area contributed by atoms with Gasteiger partial charge in [-0.05, 0) is 30.9 Å². The molecule has 3 nitrogen and oxygen atoms in total. The molecule has 0 spiro atoms. The van der Waals surface area contributed by atoms with Crippen LogP contribution >= 0.6 is 0 Å². The number of fused-ring (bicyclic) bond motifs is 1. The Kier molecular flexibility index (Phi) is 2.39. The summed E-state index contributed by atoms with van der Waals surface area (Å²) in [6.07, 6.45) is 6.99. The first kappa shape index (κ1) is 9.82. The zero-order chi connectivity index (χ0) is 11.0. The Bertz CT molecular complexity index is 448. The molecular formula is C13H17N3. The zero-order valence-corrected chi connectivity index (χ0v) is 9.61. The van der Waals surface area contributed by atoms with Crippen molar-refractivity contribution in [1.82, 2.24) is 15.0 Å². The fraction of sp³-hybridized carbons (Fsp3) is 0.538. The molecule has 1 fully saturated rings.